The van der Waals surface area contributed by atoms with E-state index in [9.17, 15) is 8.42 Å². The minimum absolute atomic E-state index is 0.0171. The van der Waals surface area contributed by atoms with Crippen molar-refractivity contribution in [3.8, 4) is 11.5 Å². The van der Waals surface area contributed by atoms with E-state index in [1.807, 2.05) is 12.1 Å². The molecule has 0 saturated carbocycles. The minimum Gasteiger partial charge on any atom is -0.497 e. The van der Waals surface area contributed by atoms with E-state index >= 15 is 4.39 Å². The Hall–Kier alpha value is -2.90. The topological polar surface area (TPSA) is 107 Å². The molecule has 0 saturated heterocycles. The largest absolute Gasteiger partial charge is 0.497 e. The van der Waals surface area contributed by atoms with Crippen molar-refractivity contribution < 1.29 is 22.3 Å². The van der Waals surface area contributed by atoms with Gasteiger partial charge in [-0.25, -0.2) is 22.1 Å². The fourth-order valence-corrected chi connectivity index (χ4v) is 6.68. The van der Waals surface area contributed by atoms with Crippen molar-refractivity contribution in [2.45, 2.75) is 17.6 Å². The Labute approximate surface area is 237 Å². The van der Waals surface area contributed by atoms with Crippen LogP contribution in [0.4, 0.5) is 15.2 Å². The van der Waals surface area contributed by atoms with E-state index in [1.54, 1.807) is 35.7 Å². The molecule has 13 heteroatoms. The standard InChI is InChI=1S/C25H23BrClFN4O4S2/c1-35-18-7-6-16(22(11-18)36-2)14-32(25-30-8-9-37-25)38(33,34)23-12-19(27)21(13-20(23)28)31-24(29)15-4-3-5-17(26)10-15/h3-13,24,31H,14,29H2,1-2H3/t24-/m1/s1. The zero-order valence-electron chi connectivity index (χ0n) is 20.2. The molecular weight excluding hydrogens is 619 g/mol. The molecule has 4 rings (SSSR count). The zero-order valence-corrected chi connectivity index (χ0v) is 24.2. The molecule has 0 fully saturated rings. The third-order valence-electron chi connectivity index (χ3n) is 5.55. The van der Waals surface area contributed by atoms with E-state index in [2.05, 4.69) is 26.2 Å². The molecule has 3 aromatic carbocycles. The molecule has 0 spiro atoms. The van der Waals surface area contributed by atoms with Crippen molar-refractivity contribution >= 4 is 59.7 Å². The highest BCUT2D eigenvalue weighted by atomic mass is 79.9. The van der Waals surface area contributed by atoms with Crippen LogP contribution < -0.4 is 24.8 Å². The van der Waals surface area contributed by atoms with E-state index in [-0.39, 0.29) is 22.4 Å². The Morgan fingerprint density at radius 1 is 1.18 bits per heavy atom. The van der Waals surface area contributed by atoms with Crippen LogP contribution in [0.5, 0.6) is 11.5 Å². The predicted octanol–water partition coefficient (Wildman–Crippen LogP) is 6.18. The van der Waals surface area contributed by atoms with Crippen LogP contribution in [0.1, 0.15) is 17.3 Å². The van der Waals surface area contributed by atoms with Gasteiger partial charge in [-0.3, -0.25) is 0 Å². The molecule has 0 radical (unpaired) electrons. The zero-order chi connectivity index (χ0) is 27.4. The average molecular weight is 642 g/mol. The Kier molecular flexibility index (Phi) is 8.78. The van der Waals surface area contributed by atoms with E-state index in [0.717, 1.165) is 37.8 Å². The number of hydrogen-bond donors (Lipinski definition) is 2. The molecule has 0 aliphatic heterocycles. The lowest BCUT2D eigenvalue weighted by Crippen LogP contribution is -2.31. The molecule has 200 valence electrons. The maximum atomic E-state index is 15.4. The second-order valence-corrected chi connectivity index (χ2v) is 12.0. The Bertz CT molecular complexity index is 1540. The first kappa shape index (κ1) is 28.1. The van der Waals surface area contributed by atoms with Crippen molar-refractivity contribution in [3.05, 3.63) is 92.6 Å². The normalized spacial score (nSPS) is 12.2. The number of hydrogen-bond acceptors (Lipinski definition) is 8. The molecule has 1 heterocycles. The molecule has 0 amide bonds. The second-order valence-electron chi connectivity index (χ2n) is 7.94. The molecule has 0 aliphatic carbocycles. The van der Waals surface area contributed by atoms with Crippen molar-refractivity contribution in [1.82, 2.24) is 4.98 Å². The summed E-state index contributed by atoms with van der Waals surface area (Å²) >= 11 is 10.9. The van der Waals surface area contributed by atoms with Gasteiger partial charge >= 0.3 is 0 Å². The Morgan fingerprint density at radius 3 is 2.63 bits per heavy atom. The lowest BCUT2D eigenvalue weighted by molar-refractivity contribution is 0.391. The van der Waals surface area contributed by atoms with Crippen LogP contribution >= 0.6 is 38.9 Å². The quantitative estimate of drug-likeness (QED) is 0.199. The van der Waals surface area contributed by atoms with Crippen LogP contribution in [0.25, 0.3) is 0 Å². The van der Waals surface area contributed by atoms with Gasteiger partial charge in [0.15, 0.2) is 5.13 Å². The number of aromatic nitrogens is 1. The van der Waals surface area contributed by atoms with E-state index in [1.165, 1.54) is 20.4 Å². The van der Waals surface area contributed by atoms with Gasteiger partial charge in [0.1, 0.15) is 28.4 Å². The number of sulfonamides is 1. The minimum atomic E-state index is -4.45. The monoisotopic (exact) mass is 640 g/mol. The van der Waals surface area contributed by atoms with Crippen molar-refractivity contribution in [3.63, 3.8) is 0 Å². The molecule has 1 aromatic heterocycles. The number of thiazole rings is 1. The van der Waals surface area contributed by atoms with Crippen LogP contribution in [-0.2, 0) is 16.6 Å². The lowest BCUT2D eigenvalue weighted by atomic mass is 10.1. The number of nitrogens with one attached hydrogen (secondary N) is 1. The highest BCUT2D eigenvalue weighted by molar-refractivity contribution is 9.10. The van der Waals surface area contributed by atoms with Crippen LogP contribution in [0.2, 0.25) is 5.02 Å². The second kappa shape index (κ2) is 11.9. The van der Waals surface area contributed by atoms with Gasteiger partial charge in [0.25, 0.3) is 10.0 Å². The molecule has 0 aliphatic rings. The van der Waals surface area contributed by atoms with Gasteiger partial charge in [-0.15, -0.1) is 11.3 Å². The molecule has 8 nitrogen and oxygen atoms in total. The summed E-state index contributed by atoms with van der Waals surface area (Å²) in [6.07, 6.45) is 0.745. The molecule has 0 unspecified atom stereocenters. The summed E-state index contributed by atoms with van der Waals surface area (Å²) in [6.45, 7) is -0.173. The summed E-state index contributed by atoms with van der Waals surface area (Å²) in [5.41, 5.74) is 7.61. The van der Waals surface area contributed by atoms with Crippen molar-refractivity contribution in [2.75, 3.05) is 23.8 Å². The Balaban J connectivity index is 1.70. The highest BCUT2D eigenvalue weighted by Gasteiger charge is 2.32. The number of halogens is 3. The first-order chi connectivity index (χ1) is 18.1. The third kappa shape index (κ3) is 6.05. The van der Waals surface area contributed by atoms with E-state index in [0.29, 0.717) is 17.1 Å². The number of nitrogens with zero attached hydrogens (tertiary/aromatic N) is 2. The predicted molar refractivity (Wildman–Crippen MR) is 151 cm³/mol. The van der Waals surface area contributed by atoms with Gasteiger partial charge in [-0.05, 0) is 42.0 Å². The molecule has 0 bridgehead atoms. The summed E-state index contributed by atoms with van der Waals surface area (Å²) in [7, 11) is -1.48. The number of rotatable bonds is 10. The molecule has 3 N–H and O–H groups in total. The van der Waals surface area contributed by atoms with Gasteiger partial charge in [-0.1, -0.05) is 39.7 Å². The maximum Gasteiger partial charge on any atom is 0.269 e. The third-order valence-corrected chi connectivity index (χ3v) is 9.02. The SMILES string of the molecule is COc1ccc(CN(c2nccs2)S(=O)(=O)c2cc(Cl)c(N[C@@H](N)c3cccc(Br)c3)cc2F)c(OC)c1. The fourth-order valence-electron chi connectivity index (χ4n) is 3.64. The summed E-state index contributed by atoms with van der Waals surface area (Å²) < 4.78 is 55.5. The van der Waals surface area contributed by atoms with Crippen molar-refractivity contribution in [2.24, 2.45) is 5.73 Å². The summed E-state index contributed by atoms with van der Waals surface area (Å²) in [5, 5.41) is 4.69. The number of nitrogens with two attached hydrogens (primary N) is 1. The van der Waals surface area contributed by atoms with Gasteiger partial charge < -0.3 is 20.5 Å². The van der Waals surface area contributed by atoms with Crippen molar-refractivity contribution in [1.29, 1.82) is 0 Å². The van der Waals surface area contributed by atoms with Gasteiger partial charge in [0.2, 0.25) is 0 Å². The smallest absolute Gasteiger partial charge is 0.269 e. The summed E-state index contributed by atoms with van der Waals surface area (Å²) in [5.74, 6) is -0.0569. The number of anilines is 2. The van der Waals surface area contributed by atoms with Crippen LogP contribution in [0.15, 0.2) is 75.5 Å². The molecule has 1 atom stereocenters. The molecule has 4 aromatic rings. The van der Waals surface area contributed by atoms with E-state index in [4.69, 9.17) is 26.8 Å². The average Bonchev–Trinajstić information content (AvgIpc) is 3.43. The number of methoxy groups -OCH3 is 2. The first-order valence-electron chi connectivity index (χ1n) is 11.0. The summed E-state index contributed by atoms with van der Waals surface area (Å²) in [6, 6.07) is 14.3. The molecule has 38 heavy (non-hydrogen) atoms. The molecular formula is C25H23BrClFN4O4S2. The van der Waals surface area contributed by atoms with Gasteiger partial charge in [0, 0.05) is 27.7 Å². The Morgan fingerprint density at radius 2 is 1.97 bits per heavy atom. The first-order valence-corrected chi connectivity index (χ1v) is 14.5. The lowest BCUT2D eigenvalue weighted by Gasteiger charge is -2.24. The van der Waals surface area contributed by atoms with E-state index < -0.39 is 26.9 Å². The fraction of sp³-hybridized carbons (Fsp3) is 0.160. The number of benzene rings is 3. The van der Waals surface area contributed by atoms with Gasteiger partial charge in [0.05, 0.1) is 31.5 Å². The van der Waals surface area contributed by atoms with Crippen LogP contribution in [0, 0.1) is 5.82 Å². The summed E-state index contributed by atoms with van der Waals surface area (Å²) in [4.78, 5) is 3.55. The highest BCUT2D eigenvalue weighted by Crippen LogP contribution is 2.36. The van der Waals surface area contributed by atoms with Crippen LogP contribution in [0.3, 0.4) is 0 Å². The maximum absolute atomic E-state index is 15.4. The van der Waals surface area contributed by atoms with Crippen LogP contribution in [-0.4, -0.2) is 27.6 Å². The number of ether oxygens (including phenoxy) is 2. The van der Waals surface area contributed by atoms with Gasteiger partial charge in [-0.2, -0.15) is 0 Å².